The SMILES string of the molecule is Cc1ccccc1C(=O)N/C(=C\c1ccco1)C(=O)N[C@H](C)c1ccccc1C. The largest absolute Gasteiger partial charge is 0.465 e. The Morgan fingerprint density at radius 2 is 1.62 bits per heavy atom. The molecule has 0 spiro atoms. The van der Waals surface area contributed by atoms with Crippen molar-refractivity contribution < 1.29 is 14.0 Å². The number of hydrogen-bond acceptors (Lipinski definition) is 3. The van der Waals surface area contributed by atoms with Crippen LogP contribution in [0.4, 0.5) is 0 Å². The molecule has 0 unspecified atom stereocenters. The van der Waals surface area contributed by atoms with Gasteiger partial charge in [-0.15, -0.1) is 0 Å². The molecule has 0 aliphatic rings. The summed E-state index contributed by atoms with van der Waals surface area (Å²) in [5, 5.41) is 5.69. The third-order valence-corrected chi connectivity index (χ3v) is 4.71. The normalized spacial score (nSPS) is 12.3. The highest BCUT2D eigenvalue weighted by atomic mass is 16.3. The van der Waals surface area contributed by atoms with Crippen molar-refractivity contribution in [2.24, 2.45) is 0 Å². The average Bonchev–Trinajstić information content (AvgIpc) is 3.21. The van der Waals surface area contributed by atoms with E-state index in [9.17, 15) is 9.59 Å². The molecule has 0 bridgehead atoms. The molecule has 1 aromatic heterocycles. The van der Waals surface area contributed by atoms with Gasteiger partial charge in [0.05, 0.1) is 12.3 Å². The second-order valence-electron chi connectivity index (χ2n) is 6.89. The molecule has 2 amide bonds. The summed E-state index contributed by atoms with van der Waals surface area (Å²) >= 11 is 0. The molecule has 0 fully saturated rings. The quantitative estimate of drug-likeness (QED) is 0.609. The molecule has 29 heavy (non-hydrogen) atoms. The van der Waals surface area contributed by atoms with E-state index in [1.54, 1.807) is 24.3 Å². The minimum atomic E-state index is -0.390. The van der Waals surface area contributed by atoms with Crippen LogP contribution in [0.5, 0.6) is 0 Å². The van der Waals surface area contributed by atoms with Crippen LogP contribution in [-0.2, 0) is 4.79 Å². The molecule has 2 aromatic carbocycles. The molecule has 0 saturated carbocycles. The number of rotatable bonds is 6. The zero-order chi connectivity index (χ0) is 20.8. The van der Waals surface area contributed by atoms with Gasteiger partial charge in [-0.1, -0.05) is 42.5 Å². The van der Waals surface area contributed by atoms with Crippen molar-refractivity contribution in [2.45, 2.75) is 26.8 Å². The van der Waals surface area contributed by atoms with Gasteiger partial charge in [-0.05, 0) is 55.7 Å². The van der Waals surface area contributed by atoms with E-state index in [4.69, 9.17) is 4.42 Å². The molecule has 0 saturated heterocycles. The molecule has 0 aliphatic heterocycles. The zero-order valence-corrected chi connectivity index (χ0v) is 16.7. The fourth-order valence-corrected chi connectivity index (χ4v) is 3.12. The summed E-state index contributed by atoms with van der Waals surface area (Å²) in [4.78, 5) is 25.7. The van der Waals surface area contributed by atoms with Crippen LogP contribution in [0.15, 0.2) is 77.0 Å². The lowest BCUT2D eigenvalue weighted by atomic mass is 10.0. The summed E-state index contributed by atoms with van der Waals surface area (Å²) < 4.78 is 5.33. The van der Waals surface area contributed by atoms with Crippen molar-refractivity contribution in [1.82, 2.24) is 10.6 Å². The first kappa shape index (κ1) is 20.1. The number of carbonyl (C=O) groups excluding carboxylic acids is 2. The summed E-state index contributed by atoms with van der Waals surface area (Å²) in [6.07, 6.45) is 3.04. The number of benzene rings is 2. The van der Waals surface area contributed by atoms with Crippen molar-refractivity contribution in [3.05, 3.63) is 101 Å². The summed E-state index contributed by atoms with van der Waals surface area (Å²) in [6.45, 7) is 5.76. The predicted octanol–water partition coefficient (Wildman–Crippen LogP) is 4.54. The van der Waals surface area contributed by atoms with Crippen LogP contribution < -0.4 is 10.6 Å². The first-order valence-corrected chi connectivity index (χ1v) is 9.44. The van der Waals surface area contributed by atoms with Crippen molar-refractivity contribution in [2.75, 3.05) is 0 Å². The maximum Gasteiger partial charge on any atom is 0.268 e. The molecule has 3 rings (SSSR count). The lowest BCUT2D eigenvalue weighted by molar-refractivity contribution is -0.118. The third-order valence-electron chi connectivity index (χ3n) is 4.71. The van der Waals surface area contributed by atoms with Gasteiger partial charge in [0.25, 0.3) is 11.8 Å². The highest BCUT2D eigenvalue weighted by Gasteiger charge is 2.19. The Morgan fingerprint density at radius 1 is 0.931 bits per heavy atom. The van der Waals surface area contributed by atoms with E-state index in [2.05, 4.69) is 10.6 Å². The first-order chi connectivity index (χ1) is 14.0. The van der Waals surface area contributed by atoms with Crippen LogP contribution in [0.2, 0.25) is 0 Å². The fraction of sp³-hybridized carbons (Fsp3) is 0.167. The van der Waals surface area contributed by atoms with Crippen LogP contribution in [0.25, 0.3) is 6.08 Å². The topological polar surface area (TPSA) is 71.3 Å². The summed E-state index contributed by atoms with van der Waals surface area (Å²) in [7, 11) is 0. The van der Waals surface area contributed by atoms with E-state index < -0.39 is 0 Å². The average molecular weight is 388 g/mol. The first-order valence-electron chi connectivity index (χ1n) is 9.44. The Labute approximate surface area is 170 Å². The Hall–Kier alpha value is -3.60. The van der Waals surface area contributed by atoms with Crippen LogP contribution >= 0.6 is 0 Å². The molecule has 5 heteroatoms. The van der Waals surface area contributed by atoms with Gasteiger partial charge < -0.3 is 15.1 Å². The highest BCUT2D eigenvalue weighted by molar-refractivity contribution is 6.05. The molecular formula is C24H24N2O3. The summed E-state index contributed by atoms with van der Waals surface area (Å²) in [6, 6.07) is 18.3. The standard InChI is InChI=1S/C24H24N2O3/c1-16-9-4-6-12-20(16)18(3)25-24(28)22(15-19-11-8-14-29-19)26-23(27)21-13-7-5-10-17(21)2/h4-15,18H,1-3H3,(H,25,28)(H,26,27)/b22-15-/t18-/m1/s1. The number of carbonyl (C=O) groups is 2. The van der Waals surface area contributed by atoms with Crippen LogP contribution in [0, 0.1) is 13.8 Å². The fourth-order valence-electron chi connectivity index (χ4n) is 3.12. The lowest BCUT2D eigenvalue weighted by Gasteiger charge is -2.18. The number of furan rings is 1. The van der Waals surface area contributed by atoms with Gasteiger partial charge in [0.2, 0.25) is 0 Å². The molecule has 2 N–H and O–H groups in total. The number of aryl methyl sites for hydroxylation is 2. The van der Waals surface area contributed by atoms with E-state index in [1.165, 1.54) is 12.3 Å². The van der Waals surface area contributed by atoms with E-state index in [-0.39, 0.29) is 23.6 Å². The second kappa shape index (κ2) is 9.06. The Morgan fingerprint density at radius 3 is 2.28 bits per heavy atom. The lowest BCUT2D eigenvalue weighted by Crippen LogP contribution is -2.36. The smallest absolute Gasteiger partial charge is 0.268 e. The van der Waals surface area contributed by atoms with Gasteiger partial charge in [0, 0.05) is 11.6 Å². The van der Waals surface area contributed by atoms with Gasteiger partial charge in [0.1, 0.15) is 11.5 Å². The summed E-state index contributed by atoms with van der Waals surface area (Å²) in [5.41, 5.74) is 3.56. The van der Waals surface area contributed by atoms with Crippen LogP contribution in [0.1, 0.15) is 45.8 Å². The maximum absolute atomic E-state index is 13.0. The van der Waals surface area contributed by atoms with Gasteiger partial charge in [-0.2, -0.15) is 0 Å². The van der Waals surface area contributed by atoms with Gasteiger partial charge in [0.15, 0.2) is 0 Å². The Balaban J connectivity index is 1.84. The van der Waals surface area contributed by atoms with Crippen molar-refractivity contribution in [3.8, 4) is 0 Å². The van der Waals surface area contributed by atoms with Crippen LogP contribution in [0.3, 0.4) is 0 Å². The minimum absolute atomic E-state index is 0.119. The van der Waals surface area contributed by atoms with Gasteiger partial charge >= 0.3 is 0 Å². The molecule has 148 valence electrons. The molecule has 0 aliphatic carbocycles. The number of amides is 2. The van der Waals surface area contributed by atoms with Gasteiger partial charge in [-0.3, -0.25) is 9.59 Å². The maximum atomic E-state index is 13.0. The van der Waals surface area contributed by atoms with E-state index in [0.29, 0.717) is 11.3 Å². The van der Waals surface area contributed by atoms with Crippen molar-refractivity contribution in [3.63, 3.8) is 0 Å². The molecule has 1 heterocycles. The Kier molecular flexibility index (Phi) is 6.29. The zero-order valence-electron chi connectivity index (χ0n) is 16.7. The minimum Gasteiger partial charge on any atom is -0.465 e. The van der Waals surface area contributed by atoms with E-state index >= 15 is 0 Å². The number of hydrogen-bond donors (Lipinski definition) is 2. The molecule has 0 radical (unpaired) electrons. The number of nitrogens with one attached hydrogen (secondary N) is 2. The van der Waals surface area contributed by atoms with Crippen LogP contribution in [-0.4, -0.2) is 11.8 Å². The second-order valence-corrected chi connectivity index (χ2v) is 6.89. The molecule has 5 nitrogen and oxygen atoms in total. The Bertz CT molecular complexity index is 1040. The van der Waals surface area contributed by atoms with Crippen molar-refractivity contribution in [1.29, 1.82) is 0 Å². The molecular weight excluding hydrogens is 364 g/mol. The van der Waals surface area contributed by atoms with E-state index in [0.717, 1.165) is 16.7 Å². The highest BCUT2D eigenvalue weighted by Crippen LogP contribution is 2.18. The van der Waals surface area contributed by atoms with Gasteiger partial charge in [-0.25, -0.2) is 0 Å². The molecule has 3 aromatic rings. The summed E-state index contributed by atoms with van der Waals surface area (Å²) in [5.74, 6) is -0.262. The van der Waals surface area contributed by atoms with E-state index in [1.807, 2.05) is 57.2 Å². The third kappa shape index (κ3) is 5.02. The molecule has 1 atom stereocenters. The van der Waals surface area contributed by atoms with Crippen molar-refractivity contribution >= 4 is 17.9 Å². The predicted molar refractivity (Wildman–Crippen MR) is 113 cm³/mol. The monoisotopic (exact) mass is 388 g/mol.